The van der Waals surface area contributed by atoms with Crippen LogP contribution in [0.25, 0.3) is 0 Å². The van der Waals surface area contributed by atoms with Gasteiger partial charge < -0.3 is 0 Å². The van der Waals surface area contributed by atoms with E-state index in [1.807, 2.05) is 6.08 Å². The maximum atomic E-state index is 11.5. The first-order valence-corrected chi connectivity index (χ1v) is 7.65. The van der Waals surface area contributed by atoms with Gasteiger partial charge in [0.15, 0.2) is 5.78 Å². The highest BCUT2D eigenvalue weighted by Crippen LogP contribution is 2.21. The Hall–Kier alpha value is -0.850. The first kappa shape index (κ1) is 15.2. The highest BCUT2D eigenvalue weighted by Gasteiger charge is 2.13. The van der Waals surface area contributed by atoms with Crippen LogP contribution < -0.4 is 0 Å². The second-order valence-corrected chi connectivity index (χ2v) is 5.45. The average molecular weight is 248 g/mol. The first-order valence-electron chi connectivity index (χ1n) is 7.65. The molecule has 0 N–H and O–H groups in total. The van der Waals surface area contributed by atoms with Gasteiger partial charge in [-0.2, -0.15) is 0 Å². The first-order chi connectivity index (χ1) is 8.75. The molecule has 0 atom stereocenters. The van der Waals surface area contributed by atoms with E-state index >= 15 is 0 Å². The number of unbranched alkanes of at least 4 members (excludes halogenated alkanes) is 7. The van der Waals surface area contributed by atoms with Crippen molar-refractivity contribution in [1.29, 1.82) is 0 Å². The lowest BCUT2D eigenvalue weighted by Crippen LogP contribution is -1.96. The minimum atomic E-state index is 0.243. The highest BCUT2D eigenvalue weighted by atomic mass is 16.1. The van der Waals surface area contributed by atoms with Crippen LogP contribution in [0.4, 0.5) is 0 Å². The predicted molar refractivity (Wildman–Crippen MR) is 78.7 cm³/mol. The van der Waals surface area contributed by atoms with E-state index in [0.717, 1.165) is 18.4 Å². The Labute approximate surface area is 112 Å². The summed E-state index contributed by atoms with van der Waals surface area (Å²) in [7, 11) is 0. The van der Waals surface area contributed by atoms with Gasteiger partial charge in [0, 0.05) is 5.57 Å². The number of carbonyl (C=O) groups excluding carboxylic acids is 1. The Balaban J connectivity index is 2.03. The van der Waals surface area contributed by atoms with Crippen molar-refractivity contribution in [2.24, 2.45) is 0 Å². The van der Waals surface area contributed by atoms with Gasteiger partial charge in [-0.15, -0.1) is 0 Å². The van der Waals surface area contributed by atoms with E-state index in [9.17, 15) is 4.79 Å². The van der Waals surface area contributed by atoms with Crippen LogP contribution in [0.5, 0.6) is 0 Å². The molecule has 1 heteroatoms. The molecule has 0 saturated heterocycles. The van der Waals surface area contributed by atoms with Crippen LogP contribution >= 0.6 is 0 Å². The van der Waals surface area contributed by atoms with E-state index in [0.29, 0.717) is 0 Å². The molecule has 0 bridgehead atoms. The second-order valence-electron chi connectivity index (χ2n) is 5.45. The van der Waals surface area contributed by atoms with Gasteiger partial charge in [0.05, 0.1) is 0 Å². The minimum Gasteiger partial charge on any atom is -0.290 e. The Kier molecular flexibility index (Phi) is 7.71. The SMILES string of the molecule is CCCCCCCCCCC(C)=C1CC=CC1=O. The molecule has 1 aliphatic rings. The van der Waals surface area contributed by atoms with E-state index in [-0.39, 0.29) is 5.78 Å². The largest absolute Gasteiger partial charge is 0.290 e. The maximum absolute atomic E-state index is 11.5. The third-order valence-corrected chi connectivity index (χ3v) is 3.81. The topological polar surface area (TPSA) is 17.1 Å². The average Bonchev–Trinajstić information content (AvgIpc) is 2.79. The summed E-state index contributed by atoms with van der Waals surface area (Å²) < 4.78 is 0. The van der Waals surface area contributed by atoms with Gasteiger partial charge in [-0.1, -0.05) is 63.5 Å². The number of hydrogen-bond donors (Lipinski definition) is 0. The monoisotopic (exact) mass is 248 g/mol. The third-order valence-electron chi connectivity index (χ3n) is 3.81. The summed E-state index contributed by atoms with van der Waals surface area (Å²) in [4.78, 5) is 11.5. The molecule has 18 heavy (non-hydrogen) atoms. The van der Waals surface area contributed by atoms with Crippen LogP contribution in [-0.2, 0) is 4.79 Å². The smallest absolute Gasteiger partial charge is 0.181 e. The van der Waals surface area contributed by atoms with Gasteiger partial charge in [-0.25, -0.2) is 0 Å². The molecule has 0 aliphatic heterocycles. The molecular weight excluding hydrogens is 220 g/mol. The molecule has 0 radical (unpaired) electrons. The van der Waals surface area contributed by atoms with E-state index in [4.69, 9.17) is 0 Å². The molecule has 0 aromatic carbocycles. The van der Waals surface area contributed by atoms with Crippen molar-refractivity contribution in [2.45, 2.75) is 78.1 Å². The number of ketones is 1. The van der Waals surface area contributed by atoms with Gasteiger partial charge in [0.2, 0.25) is 0 Å². The zero-order valence-electron chi connectivity index (χ0n) is 12.1. The standard InChI is InChI=1S/C17H28O/c1-3-4-5-6-7-8-9-10-12-15(2)16-13-11-14-17(16)18/h11,14H,3-10,12-13H2,1-2H3. The second kappa shape index (κ2) is 9.13. The van der Waals surface area contributed by atoms with Crippen LogP contribution in [0.1, 0.15) is 78.1 Å². The molecular formula is C17H28O. The quantitative estimate of drug-likeness (QED) is 0.396. The van der Waals surface area contributed by atoms with Gasteiger partial charge in [0.25, 0.3) is 0 Å². The molecule has 0 aromatic heterocycles. The van der Waals surface area contributed by atoms with Crippen molar-refractivity contribution in [3.8, 4) is 0 Å². The lowest BCUT2D eigenvalue weighted by molar-refractivity contribution is -0.111. The molecule has 1 nitrogen and oxygen atoms in total. The number of allylic oxidation sites excluding steroid dienone is 4. The van der Waals surface area contributed by atoms with Crippen LogP contribution in [0, 0.1) is 0 Å². The van der Waals surface area contributed by atoms with Crippen molar-refractivity contribution in [3.05, 3.63) is 23.3 Å². The summed E-state index contributed by atoms with van der Waals surface area (Å²) in [5.74, 6) is 0.243. The number of rotatable bonds is 9. The normalized spacial score (nSPS) is 17.6. The number of hydrogen-bond acceptors (Lipinski definition) is 1. The van der Waals surface area contributed by atoms with Gasteiger partial charge in [-0.3, -0.25) is 4.79 Å². The van der Waals surface area contributed by atoms with Crippen LogP contribution in [0.15, 0.2) is 23.3 Å². The van der Waals surface area contributed by atoms with Crippen LogP contribution in [-0.4, -0.2) is 5.78 Å². The van der Waals surface area contributed by atoms with Crippen molar-refractivity contribution in [2.75, 3.05) is 0 Å². The van der Waals surface area contributed by atoms with Crippen molar-refractivity contribution < 1.29 is 4.79 Å². The predicted octanol–water partition coefficient (Wildman–Crippen LogP) is 5.36. The summed E-state index contributed by atoms with van der Waals surface area (Å²) in [5.41, 5.74) is 2.37. The lowest BCUT2D eigenvalue weighted by Gasteiger charge is -2.05. The fraction of sp³-hybridized carbons (Fsp3) is 0.706. The Bertz CT molecular complexity index is 310. The minimum absolute atomic E-state index is 0.243. The fourth-order valence-electron chi connectivity index (χ4n) is 2.54. The maximum Gasteiger partial charge on any atom is 0.181 e. The zero-order valence-corrected chi connectivity index (χ0v) is 12.1. The van der Waals surface area contributed by atoms with E-state index in [2.05, 4.69) is 13.8 Å². The molecule has 1 aliphatic carbocycles. The van der Waals surface area contributed by atoms with E-state index < -0.39 is 0 Å². The summed E-state index contributed by atoms with van der Waals surface area (Å²) >= 11 is 0. The molecule has 0 heterocycles. The molecule has 1 rings (SSSR count). The Morgan fingerprint density at radius 3 is 2.22 bits per heavy atom. The van der Waals surface area contributed by atoms with Crippen LogP contribution in [0.2, 0.25) is 0 Å². The fourth-order valence-corrected chi connectivity index (χ4v) is 2.54. The zero-order chi connectivity index (χ0) is 13.2. The van der Waals surface area contributed by atoms with Gasteiger partial charge in [0.1, 0.15) is 0 Å². The van der Waals surface area contributed by atoms with Crippen LogP contribution in [0.3, 0.4) is 0 Å². The molecule has 0 aromatic rings. The summed E-state index contributed by atoms with van der Waals surface area (Å²) in [5, 5.41) is 0. The summed E-state index contributed by atoms with van der Waals surface area (Å²) in [6, 6.07) is 0. The summed E-state index contributed by atoms with van der Waals surface area (Å²) in [6.07, 6.45) is 16.5. The molecule has 0 amide bonds. The van der Waals surface area contributed by atoms with Crippen molar-refractivity contribution in [3.63, 3.8) is 0 Å². The Morgan fingerprint density at radius 2 is 1.67 bits per heavy atom. The molecule has 0 fully saturated rings. The Morgan fingerprint density at radius 1 is 1.06 bits per heavy atom. The molecule has 0 saturated carbocycles. The molecule has 102 valence electrons. The molecule has 0 unspecified atom stereocenters. The van der Waals surface area contributed by atoms with Crippen molar-refractivity contribution >= 4 is 5.78 Å². The summed E-state index contributed by atoms with van der Waals surface area (Å²) in [6.45, 7) is 4.39. The molecule has 0 spiro atoms. The van der Waals surface area contributed by atoms with Gasteiger partial charge in [-0.05, 0) is 32.3 Å². The highest BCUT2D eigenvalue weighted by molar-refractivity contribution is 6.07. The lowest BCUT2D eigenvalue weighted by atomic mass is 10.00. The van der Waals surface area contributed by atoms with Crippen molar-refractivity contribution in [1.82, 2.24) is 0 Å². The number of carbonyl (C=O) groups is 1. The van der Waals surface area contributed by atoms with Gasteiger partial charge >= 0.3 is 0 Å². The van der Waals surface area contributed by atoms with E-state index in [1.54, 1.807) is 6.08 Å². The third kappa shape index (κ3) is 5.66. The van der Waals surface area contributed by atoms with E-state index in [1.165, 1.54) is 56.9 Å².